The average molecular weight is 256 g/mol. The van der Waals surface area contributed by atoms with E-state index in [0.29, 0.717) is 6.04 Å². The summed E-state index contributed by atoms with van der Waals surface area (Å²) in [6, 6.07) is 0.645. The Balaban J connectivity index is 1.69. The molecule has 3 unspecified atom stereocenters. The van der Waals surface area contributed by atoms with Gasteiger partial charge in [-0.1, -0.05) is 6.42 Å². The van der Waals surface area contributed by atoms with E-state index in [-0.39, 0.29) is 0 Å². The van der Waals surface area contributed by atoms with Crippen molar-refractivity contribution in [1.29, 1.82) is 0 Å². The van der Waals surface area contributed by atoms with Crippen LogP contribution in [-0.4, -0.2) is 43.4 Å². The third-order valence-electron chi connectivity index (χ3n) is 4.24. The van der Waals surface area contributed by atoms with E-state index < -0.39 is 0 Å². The van der Waals surface area contributed by atoms with Gasteiger partial charge in [0.2, 0.25) is 0 Å². The van der Waals surface area contributed by atoms with Crippen molar-refractivity contribution < 1.29 is 4.74 Å². The van der Waals surface area contributed by atoms with Gasteiger partial charge in [-0.25, -0.2) is 0 Å². The van der Waals surface area contributed by atoms with Crippen LogP contribution in [0.25, 0.3) is 0 Å². The molecule has 0 aliphatic heterocycles. The lowest BCUT2D eigenvalue weighted by Crippen LogP contribution is -2.45. The molecule has 0 aromatic rings. The van der Waals surface area contributed by atoms with Gasteiger partial charge in [-0.3, -0.25) is 0 Å². The van der Waals surface area contributed by atoms with Crippen LogP contribution in [0, 0.1) is 11.8 Å². The Kier molecular flexibility index (Phi) is 4.62. The van der Waals surface area contributed by atoms with E-state index in [1.165, 1.54) is 25.7 Å². The lowest BCUT2D eigenvalue weighted by Gasteiger charge is -2.28. The van der Waals surface area contributed by atoms with Crippen LogP contribution in [-0.2, 0) is 4.74 Å². The van der Waals surface area contributed by atoms with Crippen molar-refractivity contribution in [2.45, 2.75) is 38.1 Å². The largest absolute Gasteiger partial charge is 0.385 e. The maximum atomic E-state index is 5.45. The monoisotopic (exact) mass is 256 g/mol. The molecule has 0 radical (unpaired) electrons. The molecule has 98 valence electrons. The van der Waals surface area contributed by atoms with Crippen LogP contribution in [0.5, 0.6) is 0 Å². The molecule has 2 saturated carbocycles. The Morgan fingerprint density at radius 3 is 2.82 bits per heavy atom. The molecule has 0 aromatic heterocycles. The van der Waals surface area contributed by atoms with Crippen LogP contribution >= 0.6 is 12.2 Å². The molecule has 1 N–H and O–H groups in total. The van der Waals surface area contributed by atoms with Crippen LogP contribution < -0.4 is 5.32 Å². The van der Waals surface area contributed by atoms with Crippen molar-refractivity contribution in [2.75, 3.05) is 27.3 Å². The smallest absolute Gasteiger partial charge is 0.168 e. The molecule has 0 saturated heterocycles. The maximum absolute atomic E-state index is 5.45. The van der Waals surface area contributed by atoms with E-state index in [2.05, 4.69) is 17.3 Å². The Morgan fingerprint density at radius 2 is 2.24 bits per heavy atom. The van der Waals surface area contributed by atoms with Gasteiger partial charge >= 0.3 is 0 Å². The van der Waals surface area contributed by atoms with E-state index in [9.17, 15) is 0 Å². The molecule has 2 bridgehead atoms. The number of hydrogen-bond acceptors (Lipinski definition) is 2. The van der Waals surface area contributed by atoms with E-state index in [1.807, 2.05) is 0 Å². The van der Waals surface area contributed by atoms with E-state index in [1.54, 1.807) is 7.11 Å². The molecule has 0 heterocycles. The second kappa shape index (κ2) is 6.01. The standard InChI is InChI=1S/C13H24N2OS/c1-15(6-3-7-16-2)13(17)14-12-9-10-4-5-11(12)8-10/h10-12H,3-9H2,1-2H3,(H,14,17). The van der Waals surface area contributed by atoms with Crippen LogP contribution in [0.3, 0.4) is 0 Å². The fourth-order valence-corrected chi connectivity index (χ4v) is 3.48. The summed E-state index contributed by atoms with van der Waals surface area (Å²) in [5.41, 5.74) is 0. The topological polar surface area (TPSA) is 24.5 Å². The number of hydrogen-bond donors (Lipinski definition) is 1. The molecule has 2 fully saturated rings. The van der Waals surface area contributed by atoms with Crippen LogP contribution in [0.2, 0.25) is 0 Å². The van der Waals surface area contributed by atoms with Gasteiger partial charge in [0.15, 0.2) is 5.11 Å². The van der Waals surface area contributed by atoms with Gasteiger partial charge in [0.1, 0.15) is 0 Å². The molecule has 4 heteroatoms. The Morgan fingerprint density at radius 1 is 1.41 bits per heavy atom. The first-order valence-corrected chi connectivity index (χ1v) is 7.12. The van der Waals surface area contributed by atoms with Crippen LogP contribution in [0.15, 0.2) is 0 Å². The van der Waals surface area contributed by atoms with E-state index >= 15 is 0 Å². The summed E-state index contributed by atoms with van der Waals surface area (Å²) in [5, 5.41) is 4.47. The lowest BCUT2D eigenvalue weighted by atomic mass is 9.95. The zero-order valence-corrected chi connectivity index (χ0v) is 11.8. The number of thiocarbonyl (C=S) groups is 1. The Bertz CT molecular complexity index is 272. The first kappa shape index (κ1) is 13.1. The molecule has 2 aliphatic carbocycles. The molecule has 17 heavy (non-hydrogen) atoms. The number of methoxy groups -OCH3 is 1. The molecule has 2 rings (SSSR count). The van der Waals surface area contributed by atoms with Crippen molar-refractivity contribution >= 4 is 17.3 Å². The van der Waals surface area contributed by atoms with Crippen molar-refractivity contribution in [3.8, 4) is 0 Å². The number of rotatable bonds is 5. The van der Waals surface area contributed by atoms with Crippen molar-refractivity contribution in [3.05, 3.63) is 0 Å². The van der Waals surface area contributed by atoms with Crippen molar-refractivity contribution in [1.82, 2.24) is 10.2 Å². The summed E-state index contributed by atoms with van der Waals surface area (Å²) < 4.78 is 5.06. The van der Waals surface area contributed by atoms with Gasteiger partial charge in [0, 0.05) is 33.4 Å². The number of fused-ring (bicyclic) bond motifs is 2. The summed E-state index contributed by atoms with van der Waals surface area (Å²) >= 11 is 5.45. The van der Waals surface area contributed by atoms with Gasteiger partial charge in [0.25, 0.3) is 0 Å². The Labute approximate surface area is 110 Å². The van der Waals surface area contributed by atoms with E-state index in [0.717, 1.165) is 36.5 Å². The molecule has 3 nitrogen and oxygen atoms in total. The number of nitrogens with one attached hydrogen (secondary N) is 1. The minimum Gasteiger partial charge on any atom is -0.385 e. The number of ether oxygens (including phenoxy) is 1. The van der Waals surface area contributed by atoms with Gasteiger partial charge in [-0.15, -0.1) is 0 Å². The minimum absolute atomic E-state index is 0.645. The zero-order chi connectivity index (χ0) is 12.3. The third-order valence-corrected chi connectivity index (χ3v) is 4.67. The second-order valence-electron chi connectivity index (χ2n) is 5.50. The van der Waals surface area contributed by atoms with Crippen LogP contribution in [0.1, 0.15) is 32.1 Å². The normalized spacial score (nSPS) is 30.6. The predicted molar refractivity (Wildman–Crippen MR) is 74.1 cm³/mol. The summed E-state index contributed by atoms with van der Waals surface area (Å²) in [6.07, 6.45) is 6.63. The fraction of sp³-hybridized carbons (Fsp3) is 0.923. The van der Waals surface area contributed by atoms with Crippen molar-refractivity contribution in [2.24, 2.45) is 11.8 Å². The first-order chi connectivity index (χ1) is 8.20. The highest BCUT2D eigenvalue weighted by Gasteiger charge is 2.39. The number of nitrogens with zero attached hydrogens (tertiary/aromatic N) is 1. The van der Waals surface area contributed by atoms with Crippen LogP contribution in [0.4, 0.5) is 0 Å². The minimum atomic E-state index is 0.645. The molecule has 2 aliphatic rings. The zero-order valence-electron chi connectivity index (χ0n) is 10.9. The van der Waals surface area contributed by atoms with Gasteiger partial charge in [-0.05, 0) is 49.7 Å². The molecular formula is C13H24N2OS. The fourth-order valence-electron chi connectivity index (χ4n) is 3.24. The van der Waals surface area contributed by atoms with Crippen molar-refractivity contribution in [3.63, 3.8) is 0 Å². The maximum Gasteiger partial charge on any atom is 0.168 e. The summed E-state index contributed by atoms with van der Waals surface area (Å²) in [7, 11) is 3.81. The molecule has 0 spiro atoms. The summed E-state index contributed by atoms with van der Waals surface area (Å²) in [4.78, 5) is 2.14. The highest BCUT2D eigenvalue weighted by Crippen LogP contribution is 2.44. The van der Waals surface area contributed by atoms with E-state index in [4.69, 9.17) is 17.0 Å². The summed E-state index contributed by atoms with van der Waals surface area (Å²) in [5.74, 6) is 1.85. The quantitative estimate of drug-likeness (QED) is 0.601. The first-order valence-electron chi connectivity index (χ1n) is 6.71. The van der Waals surface area contributed by atoms with Gasteiger partial charge in [0.05, 0.1) is 0 Å². The molecular weight excluding hydrogens is 232 g/mol. The average Bonchev–Trinajstić information content (AvgIpc) is 2.91. The van der Waals surface area contributed by atoms with Gasteiger partial charge in [-0.2, -0.15) is 0 Å². The second-order valence-corrected chi connectivity index (χ2v) is 5.89. The van der Waals surface area contributed by atoms with Gasteiger partial charge < -0.3 is 15.0 Å². The highest BCUT2D eigenvalue weighted by atomic mass is 32.1. The summed E-state index contributed by atoms with van der Waals surface area (Å²) in [6.45, 7) is 1.78. The highest BCUT2D eigenvalue weighted by molar-refractivity contribution is 7.80. The third kappa shape index (κ3) is 3.32. The SMILES string of the molecule is COCCCN(C)C(=S)NC1CC2CCC1C2. The molecule has 0 aromatic carbocycles. The Hall–Kier alpha value is -0.350. The lowest BCUT2D eigenvalue weighted by molar-refractivity contribution is 0.188. The predicted octanol–water partition coefficient (Wildman–Crippen LogP) is 2.02. The molecule has 0 amide bonds. The molecule has 3 atom stereocenters.